The van der Waals surface area contributed by atoms with E-state index in [1.807, 2.05) is 30.0 Å². The normalized spacial score (nSPS) is 26.7. The number of hydrogen-bond acceptors (Lipinski definition) is 2. The first kappa shape index (κ1) is 13.2. The quantitative estimate of drug-likeness (QED) is 0.680. The van der Waals surface area contributed by atoms with Crippen LogP contribution in [0.3, 0.4) is 0 Å². The number of hydrogen-bond donors (Lipinski definition) is 0. The Bertz CT molecular complexity index is 251. The summed E-state index contributed by atoms with van der Waals surface area (Å²) in [6.07, 6.45) is 4.89. The second-order valence-electron chi connectivity index (χ2n) is 5.35. The lowest BCUT2D eigenvalue weighted by Gasteiger charge is -2.34. The first-order chi connectivity index (χ1) is 7.49. The van der Waals surface area contributed by atoms with Gasteiger partial charge in [-0.05, 0) is 32.4 Å². The van der Waals surface area contributed by atoms with E-state index in [9.17, 15) is 4.79 Å². The number of nitrogens with zero attached hydrogens (tertiary/aromatic N) is 2. The van der Waals surface area contributed by atoms with E-state index in [1.165, 1.54) is 6.42 Å². The average molecular weight is 224 g/mol. The molecule has 3 heteroatoms. The molecule has 0 saturated carbocycles. The van der Waals surface area contributed by atoms with Gasteiger partial charge in [0.25, 0.3) is 0 Å². The predicted octanol–water partition coefficient (Wildman–Crippen LogP) is 1.61. The van der Waals surface area contributed by atoms with Crippen molar-refractivity contribution in [3.8, 4) is 0 Å². The van der Waals surface area contributed by atoms with E-state index in [1.54, 1.807) is 6.08 Å². The lowest BCUT2D eigenvalue weighted by Crippen LogP contribution is -2.41. The van der Waals surface area contributed by atoms with Gasteiger partial charge in [0.1, 0.15) is 0 Å². The second-order valence-corrected chi connectivity index (χ2v) is 5.35. The van der Waals surface area contributed by atoms with E-state index < -0.39 is 0 Å². The fraction of sp³-hybridized carbons (Fsp3) is 0.769. The molecule has 3 nitrogen and oxygen atoms in total. The molecule has 0 aromatic carbocycles. The molecule has 0 aromatic heterocycles. The van der Waals surface area contributed by atoms with Gasteiger partial charge in [-0.2, -0.15) is 0 Å². The number of rotatable bonds is 3. The van der Waals surface area contributed by atoms with Crippen molar-refractivity contribution in [2.75, 3.05) is 33.7 Å². The number of likely N-dealkylation sites (tertiary alicyclic amines) is 1. The van der Waals surface area contributed by atoms with E-state index in [0.717, 1.165) is 19.6 Å². The van der Waals surface area contributed by atoms with Crippen LogP contribution in [0.15, 0.2) is 12.2 Å². The minimum absolute atomic E-state index is 0.167. The zero-order chi connectivity index (χ0) is 12.1. The molecule has 0 aromatic rings. The summed E-state index contributed by atoms with van der Waals surface area (Å²) in [5.74, 6) is 1.44. The Balaban J connectivity index is 2.44. The summed E-state index contributed by atoms with van der Waals surface area (Å²) < 4.78 is 0. The van der Waals surface area contributed by atoms with Gasteiger partial charge >= 0.3 is 0 Å². The fourth-order valence-electron chi connectivity index (χ4n) is 2.31. The Morgan fingerprint density at radius 1 is 1.31 bits per heavy atom. The van der Waals surface area contributed by atoms with Gasteiger partial charge in [0.2, 0.25) is 5.91 Å². The molecule has 1 fully saturated rings. The Kier molecular flexibility index (Phi) is 5.00. The maximum Gasteiger partial charge on any atom is 0.246 e. The molecule has 0 aliphatic carbocycles. The molecule has 0 bridgehead atoms. The smallest absolute Gasteiger partial charge is 0.246 e. The molecule has 2 unspecified atom stereocenters. The molecule has 1 aliphatic rings. The summed E-state index contributed by atoms with van der Waals surface area (Å²) in [6.45, 7) is 7.09. The van der Waals surface area contributed by atoms with Gasteiger partial charge in [0.05, 0.1) is 0 Å². The van der Waals surface area contributed by atoms with Crippen molar-refractivity contribution in [3.63, 3.8) is 0 Å². The molecule has 1 aliphatic heterocycles. The van der Waals surface area contributed by atoms with Crippen molar-refractivity contribution in [3.05, 3.63) is 12.2 Å². The van der Waals surface area contributed by atoms with Crippen LogP contribution < -0.4 is 0 Å². The van der Waals surface area contributed by atoms with E-state index in [-0.39, 0.29) is 5.91 Å². The molecule has 1 amide bonds. The molecule has 0 radical (unpaired) electrons. The van der Waals surface area contributed by atoms with Crippen molar-refractivity contribution in [1.29, 1.82) is 0 Å². The Morgan fingerprint density at radius 3 is 2.38 bits per heavy atom. The maximum absolute atomic E-state index is 11.9. The van der Waals surface area contributed by atoms with Gasteiger partial charge in [0, 0.05) is 25.7 Å². The van der Waals surface area contributed by atoms with Crippen LogP contribution in [0.25, 0.3) is 0 Å². The van der Waals surface area contributed by atoms with Crippen LogP contribution in [0.1, 0.15) is 20.3 Å². The minimum atomic E-state index is 0.167. The topological polar surface area (TPSA) is 23.6 Å². The van der Waals surface area contributed by atoms with Gasteiger partial charge in [-0.25, -0.2) is 0 Å². The highest BCUT2D eigenvalue weighted by atomic mass is 16.2. The zero-order valence-corrected chi connectivity index (χ0v) is 10.9. The molecule has 16 heavy (non-hydrogen) atoms. The van der Waals surface area contributed by atoms with E-state index in [2.05, 4.69) is 13.8 Å². The van der Waals surface area contributed by atoms with Gasteiger partial charge in [-0.15, -0.1) is 0 Å². The first-order valence-electron chi connectivity index (χ1n) is 6.09. The van der Waals surface area contributed by atoms with Crippen LogP contribution in [0.5, 0.6) is 0 Å². The van der Waals surface area contributed by atoms with Crippen LogP contribution in [0.4, 0.5) is 0 Å². The number of piperidine rings is 1. The summed E-state index contributed by atoms with van der Waals surface area (Å²) >= 11 is 0. The van der Waals surface area contributed by atoms with Crippen LogP contribution in [-0.2, 0) is 4.79 Å². The summed E-state index contributed by atoms with van der Waals surface area (Å²) in [7, 11) is 4.00. The van der Waals surface area contributed by atoms with Gasteiger partial charge in [-0.3, -0.25) is 4.79 Å². The largest absolute Gasteiger partial charge is 0.339 e. The van der Waals surface area contributed by atoms with Crippen LogP contribution in [0, 0.1) is 11.8 Å². The highest BCUT2D eigenvalue weighted by Crippen LogP contribution is 2.20. The SMILES string of the molecule is CC1CC(C)CN(C(=O)/C=C/CN(C)C)C1. The van der Waals surface area contributed by atoms with E-state index in [4.69, 9.17) is 0 Å². The first-order valence-corrected chi connectivity index (χ1v) is 6.09. The molecule has 1 heterocycles. The number of carbonyl (C=O) groups is 1. The van der Waals surface area contributed by atoms with Crippen molar-refractivity contribution in [2.24, 2.45) is 11.8 Å². The predicted molar refractivity (Wildman–Crippen MR) is 67.2 cm³/mol. The minimum Gasteiger partial charge on any atom is -0.339 e. The molecule has 0 N–H and O–H groups in total. The molecular formula is C13H24N2O. The third kappa shape index (κ3) is 4.35. The van der Waals surface area contributed by atoms with Gasteiger partial charge in [0.15, 0.2) is 0 Å². The Morgan fingerprint density at radius 2 is 1.88 bits per heavy atom. The summed E-state index contributed by atoms with van der Waals surface area (Å²) in [4.78, 5) is 15.9. The zero-order valence-electron chi connectivity index (χ0n) is 10.9. The average Bonchev–Trinajstić information content (AvgIpc) is 2.15. The molecule has 0 spiro atoms. The lowest BCUT2D eigenvalue weighted by atomic mass is 9.92. The summed E-state index contributed by atoms with van der Waals surface area (Å²) in [5.41, 5.74) is 0. The van der Waals surface area contributed by atoms with Crippen LogP contribution >= 0.6 is 0 Å². The third-order valence-corrected chi connectivity index (χ3v) is 2.91. The number of amides is 1. The molecular weight excluding hydrogens is 200 g/mol. The lowest BCUT2D eigenvalue weighted by molar-refractivity contribution is -0.128. The maximum atomic E-state index is 11.9. The van der Waals surface area contributed by atoms with Crippen molar-refractivity contribution < 1.29 is 4.79 Å². The van der Waals surface area contributed by atoms with E-state index in [0.29, 0.717) is 11.8 Å². The highest BCUT2D eigenvalue weighted by Gasteiger charge is 2.23. The molecule has 1 saturated heterocycles. The molecule has 1 rings (SSSR count). The standard InChI is InChI=1S/C13H24N2O/c1-11-8-12(2)10-15(9-11)13(16)6-5-7-14(3)4/h5-6,11-12H,7-10H2,1-4H3/b6-5+. The Hall–Kier alpha value is -0.830. The molecule has 92 valence electrons. The summed E-state index contributed by atoms with van der Waals surface area (Å²) in [6, 6.07) is 0. The van der Waals surface area contributed by atoms with E-state index >= 15 is 0 Å². The van der Waals surface area contributed by atoms with Crippen molar-refractivity contribution >= 4 is 5.91 Å². The van der Waals surface area contributed by atoms with Crippen LogP contribution in [0.2, 0.25) is 0 Å². The van der Waals surface area contributed by atoms with Crippen molar-refractivity contribution in [1.82, 2.24) is 9.80 Å². The third-order valence-electron chi connectivity index (χ3n) is 2.91. The summed E-state index contributed by atoms with van der Waals surface area (Å²) in [5, 5.41) is 0. The van der Waals surface area contributed by atoms with Crippen molar-refractivity contribution in [2.45, 2.75) is 20.3 Å². The van der Waals surface area contributed by atoms with Gasteiger partial charge < -0.3 is 9.80 Å². The number of carbonyl (C=O) groups excluding carboxylic acids is 1. The number of likely N-dealkylation sites (N-methyl/N-ethyl adjacent to an activating group) is 1. The van der Waals surface area contributed by atoms with Crippen LogP contribution in [-0.4, -0.2) is 49.4 Å². The molecule has 2 atom stereocenters. The monoisotopic (exact) mass is 224 g/mol. The Labute approximate surface area is 99.1 Å². The van der Waals surface area contributed by atoms with Gasteiger partial charge in [-0.1, -0.05) is 19.9 Å². The second kappa shape index (κ2) is 6.04. The highest BCUT2D eigenvalue weighted by molar-refractivity contribution is 5.87. The fourth-order valence-corrected chi connectivity index (χ4v) is 2.31.